The van der Waals surface area contributed by atoms with Crippen LogP contribution in [0.25, 0.3) is 0 Å². The molecule has 3 rings (SSSR count). The van der Waals surface area contributed by atoms with Crippen LogP contribution in [-0.4, -0.2) is 25.3 Å². The molecule has 3 aromatic carbocycles. The smallest absolute Gasteiger partial charge is 0.276 e. The van der Waals surface area contributed by atoms with Crippen LogP contribution in [0.1, 0.15) is 18.1 Å². The van der Waals surface area contributed by atoms with E-state index in [0.717, 1.165) is 0 Å². The van der Waals surface area contributed by atoms with E-state index in [2.05, 4.69) is 10.7 Å². The minimum atomic E-state index is -4.13. The summed E-state index contributed by atoms with van der Waals surface area (Å²) in [6, 6.07) is 21.8. The van der Waals surface area contributed by atoms with Crippen LogP contribution in [0.3, 0.4) is 0 Å². The van der Waals surface area contributed by atoms with E-state index in [1.54, 1.807) is 60.7 Å². The highest BCUT2D eigenvalue weighted by Gasteiger charge is 2.40. The maximum atomic E-state index is 13.0. The summed E-state index contributed by atoms with van der Waals surface area (Å²) in [5.41, 5.74) is 0.964. The number of hydrogen-bond donors (Lipinski definition) is 4. The molecule has 4 N–H and O–H groups in total. The summed E-state index contributed by atoms with van der Waals surface area (Å²) >= 11 is 0. The van der Waals surface area contributed by atoms with Crippen molar-refractivity contribution in [2.45, 2.75) is 17.4 Å². The van der Waals surface area contributed by atoms with Crippen molar-refractivity contribution >= 4 is 27.5 Å². The van der Waals surface area contributed by atoms with Crippen molar-refractivity contribution in [3.05, 3.63) is 96.1 Å². The molecule has 3 aromatic rings. The first kappa shape index (κ1) is 22.2. The zero-order valence-corrected chi connectivity index (χ0v) is 17.4. The van der Waals surface area contributed by atoms with Gasteiger partial charge < -0.3 is 10.4 Å². The van der Waals surface area contributed by atoms with Gasteiger partial charge in [0.2, 0.25) is 5.91 Å². The minimum Gasteiger partial charge on any atom is -0.372 e. The Kier molecular flexibility index (Phi) is 6.50. The minimum absolute atomic E-state index is 0.134. The molecule has 31 heavy (non-hydrogen) atoms. The third-order valence-corrected chi connectivity index (χ3v) is 5.76. The third-order valence-electron chi connectivity index (χ3n) is 4.50. The Balaban J connectivity index is 1.83. The second kappa shape index (κ2) is 9.09. The van der Waals surface area contributed by atoms with Gasteiger partial charge in [0.1, 0.15) is 0 Å². The Bertz CT molecular complexity index is 1130. The molecule has 0 saturated carbocycles. The number of carbonyl (C=O) groups excluding carboxylic acids is 2. The molecule has 9 heteroatoms. The highest BCUT2D eigenvalue weighted by molar-refractivity contribution is 7.89. The summed E-state index contributed by atoms with van der Waals surface area (Å²) in [6.07, 6.45) is 0. The Hall–Kier alpha value is -3.53. The molecule has 160 valence electrons. The normalized spacial score (nSPS) is 11.5. The van der Waals surface area contributed by atoms with Gasteiger partial charge in [-0.05, 0) is 35.4 Å². The fourth-order valence-electron chi connectivity index (χ4n) is 2.97. The van der Waals surface area contributed by atoms with Gasteiger partial charge in [-0.2, -0.15) is 0 Å². The third kappa shape index (κ3) is 4.97. The zero-order valence-electron chi connectivity index (χ0n) is 16.6. The van der Waals surface area contributed by atoms with Gasteiger partial charge in [-0.15, -0.1) is 4.83 Å². The lowest BCUT2D eigenvalue weighted by Crippen LogP contribution is -2.52. The van der Waals surface area contributed by atoms with E-state index in [1.807, 2.05) is 4.83 Å². The van der Waals surface area contributed by atoms with Crippen molar-refractivity contribution in [2.24, 2.45) is 0 Å². The SMILES string of the molecule is CC(=O)Nc1ccc(S(=O)(=O)NNC(=O)C(O)(c2ccccc2)c2ccccc2)cc1. The maximum Gasteiger partial charge on any atom is 0.276 e. The van der Waals surface area contributed by atoms with Crippen LogP contribution < -0.4 is 15.6 Å². The van der Waals surface area contributed by atoms with E-state index >= 15 is 0 Å². The number of hydrogen-bond acceptors (Lipinski definition) is 5. The summed E-state index contributed by atoms with van der Waals surface area (Å²) < 4.78 is 25.2. The van der Waals surface area contributed by atoms with Crippen molar-refractivity contribution in [3.63, 3.8) is 0 Å². The summed E-state index contributed by atoms with van der Waals surface area (Å²) in [5.74, 6) is -1.26. The molecule has 8 nitrogen and oxygen atoms in total. The monoisotopic (exact) mass is 439 g/mol. The highest BCUT2D eigenvalue weighted by Crippen LogP contribution is 2.29. The molecule has 0 atom stereocenters. The number of aliphatic hydroxyl groups is 1. The molecular formula is C22H21N3O5S. The lowest BCUT2D eigenvalue weighted by molar-refractivity contribution is -0.137. The van der Waals surface area contributed by atoms with Crippen molar-refractivity contribution in [1.29, 1.82) is 0 Å². The number of sulfonamides is 1. The molecule has 0 spiro atoms. The topological polar surface area (TPSA) is 125 Å². The lowest BCUT2D eigenvalue weighted by Gasteiger charge is -2.28. The Morgan fingerprint density at radius 3 is 1.74 bits per heavy atom. The van der Waals surface area contributed by atoms with Crippen LogP contribution in [-0.2, 0) is 25.2 Å². The van der Waals surface area contributed by atoms with Gasteiger partial charge in [-0.1, -0.05) is 60.7 Å². The molecular weight excluding hydrogens is 418 g/mol. The van der Waals surface area contributed by atoms with Crippen molar-refractivity contribution in [1.82, 2.24) is 10.3 Å². The van der Waals surface area contributed by atoms with Crippen LogP contribution in [0.5, 0.6) is 0 Å². The fraction of sp³-hybridized carbons (Fsp3) is 0.0909. The van der Waals surface area contributed by atoms with E-state index in [1.165, 1.54) is 31.2 Å². The second-order valence-electron chi connectivity index (χ2n) is 6.71. The van der Waals surface area contributed by atoms with Crippen LogP contribution >= 0.6 is 0 Å². The molecule has 0 bridgehead atoms. The molecule has 0 fully saturated rings. The summed E-state index contributed by atoms with van der Waals surface area (Å²) in [6.45, 7) is 1.34. The number of carbonyl (C=O) groups is 2. The average Bonchev–Trinajstić information content (AvgIpc) is 2.78. The Labute approximate surface area is 180 Å². The number of benzene rings is 3. The first-order valence-corrected chi connectivity index (χ1v) is 10.7. The van der Waals surface area contributed by atoms with Crippen molar-refractivity contribution in [2.75, 3.05) is 5.32 Å². The molecule has 0 aliphatic carbocycles. The molecule has 0 unspecified atom stereocenters. The van der Waals surface area contributed by atoms with E-state index in [-0.39, 0.29) is 21.9 Å². The van der Waals surface area contributed by atoms with Crippen molar-refractivity contribution in [3.8, 4) is 0 Å². The lowest BCUT2D eigenvalue weighted by atomic mass is 9.86. The summed E-state index contributed by atoms with van der Waals surface area (Å²) in [7, 11) is -4.13. The summed E-state index contributed by atoms with van der Waals surface area (Å²) in [4.78, 5) is 25.9. The van der Waals surface area contributed by atoms with Gasteiger partial charge >= 0.3 is 0 Å². The van der Waals surface area contributed by atoms with E-state index < -0.39 is 21.5 Å². The maximum absolute atomic E-state index is 13.0. The molecule has 0 heterocycles. The molecule has 0 aliphatic rings. The van der Waals surface area contributed by atoms with Gasteiger partial charge in [0.15, 0.2) is 5.60 Å². The largest absolute Gasteiger partial charge is 0.372 e. The number of amides is 2. The Morgan fingerprint density at radius 1 is 0.806 bits per heavy atom. The quantitative estimate of drug-likeness (QED) is 0.419. The molecule has 2 amide bonds. The van der Waals surface area contributed by atoms with Crippen LogP contribution in [0.2, 0.25) is 0 Å². The first-order chi connectivity index (χ1) is 14.7. The standard InChI is InChI=1S/C22H21N3O5S/c1-16(26)23-19-12-14-20(15-13-19)31(29,30)25-24-21(27)22(28,17-8-4-2-5-9-17)18-10-6-3-7-11-18/h2-15,25,28H,1H3,(H,23,26)(H,24,27). The van der Waals surface area contributed by atoms with E-state index in [4.69, 9.17) is 0 Å². The molecule has 0 aromatic heterocycles. The predicted octanol–water partition coefficient (Wildman–Crippen LogP) is 1.89. The van der Waals surface area contributed by atoms with Gasteiger partial charge in [-0.3, -0.25) is 15.0 Å². The van der Waals surface area contributed by atoms with E-state index in [0.29, 0.717) is 5.69 Å². The first-order valence-electron chi connectivity index (χ1n) is 9.27. The van der Waals surface area contributed by atoms with Crippen molar-refractivity contribution < 1.29 is 23.1 Å². The second-order valence-corrected chi connectivity index (χ2v) is 8.39. The van der Waals surface area contributed by atoms with Gasteiger partial charge in [-0.25, -0.2) is 8.42 Å². The van der Waals surface area contributed by atoms with Gasteiger partial charge in [0.25, 0.3) is 15.9 Å². The number of nitrogens with one attached hydrogen (secondary N) is 3. The van der Waals surface area contributed by atoms with Crippen LogP contribution in [0, 0.1) is 0 Å². The van der Waals surface area contributed by atoms with E-state index in [9.17, 15) is 23.1 Å². The average molecular weight is 439 g/mol. The zero-order chi connectivity index (χ0) is 22.5. The molecule has 0 radical (unpaired) electrons. The highest BCUT2D eigenvalue weighted by atomic mass is 32.2. The van der Waals surface area contributed by atoms with Crippen LogP contribution in [0.4, 0.5) is 5.69 Å². The van der Waals surface area contributed by atoms with Gasteiger partial charge in [0, 0.05) is 12.6 Å². The van der Waals surface area contributed by atoms with Gasteiger partial charge in [0.05, 0.1) is 4.90 Å². The Morgan fingerprint density at radius 2 is 1.29 bits per heavy atom. The summed E-state index contributed by atoms with van der Waals surface area (Å²) in [5, 5.41) is 13.9. The van der Waals surface area contributed by atoms with Crippen LogP contribution in [0.15, 0.2) is 89.8 Å². The molecule has 0 saturated heterocycles. The number of anilines is 1. The molecule has 0 aliphatic heterocycles. The number of rotatable bonds is 7. The fourth-order valence-corrected chi connectivity index (χ4v) is 3.81. The predicted molar refractivity (Wildman–Crippen MR) is 115 cm³/mol. The number of hydrazine groups is 1.